The standard InChI is InChI=1S/C25H27N3O/c29-25(27-17-14-19-9-6-7-10-20(19)15-18-27)23-22-13-5-2-8-16-28(22)24(26-23)21-11-3-1-4-12-21/h1,3-4,6-7,9-12H,2,5,8,13-18H2. The van der Waals surface area contributed by atoms with E-state index in [4.69, 9.17) is 4.98 Å². The Hall–Kier alpha value is -2.88. The van der Waals surface area contributed by atoms with Crippen molar-refractivity contribution >= 4 is 5.91 Å². The van der Waals surface area contributed by atoms with Crippen molar-refractivity contribution < 1.29 is 4.79 Å². The van der Waals surface area contributed by atoms with Crippen LogP contribution in [0.5, 0.6) is 0 Å². The van der Waals surface area contributed by atoms with Gasteiger partial charge in [-0.25, -0.2) is 4.98 Å². The van der Waals surface area contributed by atoms with Crippen LogP contribution >= 0.6 is 0 Å². The quantitative estimate of drug-likeness (QED) is 0.651. The molecule has 2 aliphatic heterocycles. The maximum absolute atomic E-state index is 13.6. The number of hydrogen-bond donors (Lipinski definition) is 0. The van der Waals surface area contributed by atoms with E-state index in [2.05, 4.69) is 41.0 Å². The summed E-state index contributed by atoms with van der Waals surface area (Å²) >= 11 is 0. The molecule has 148 valence electrons. The van der Waals surface area contributed by atoms with Gasteiger partial charge in [0.25, 0.3) is 5.91 Å². The Morgan fingerprint density at radius 2 is 1.45 bits per heavy atom. The highest BCUT2D eigenvalue weighted by molar-refractivity contribution is 5.94. The highest BCUT2D eigenvalue weighted by Crippen LogP contribution is 2.28. The van der Waals surface area contributed by atoms with Crippen molar-refractivity contribution in [2.45, 2.75) is 45.1 Å². The molecule has 29 heavy (non-hydrogen) atoms. The van der Waals surface area contributed by atoms with Crippen LogP contribution in [0.3, 0.4) is 0 Å². The van der Waals surface area contributed by atoms with Crippen LogP contribution in [0, 0.1) is 0 Å². The van der Waals surface area contributed by atoms with Gasteiger partial charge < -0.3 is 9.47 Å². The number of amides is 1. The number of imidazole rings is 1. The zero-order valence-corrected chi connectivity index (χ0v) is 16.8. The monoisotopic (exact) mass is 385 g/mol. The Morgan fingerprint density at radius 1 is 0.759 bits per heavy atom. The van der Waals surface area contributed by atoms with Gasteiger partial charge in [0.15, 0.2) is 0 Å². The van der Waals surface area contributed by atoms with Crippen LogP contribution in [0.25, 0.3) is 11.4 Å². The first-order chi connectivity index (χ1) is 14.3. The fourth-order valence-corrected chi connectivity index (χ4v) is 4.72. The second-order valence-corrected chi connectivity index (χ2v) is 8.12. The number of hydrogen-bond acceptors (Lipinski definition) is 2. The molecule has 1 aromatic heterocycles. The zero-order chi connectivity index (χ0) is 19.6. The summed E-state index contributed by atoms with van der Waals surface area (Å²) < 4.78 is 2.31. The predicted octanol–water partition coefficient (Wildman–Crippen LogP) is 4.52. The van der Waals surface area contributed by atoms with Crippen molar-refractivity contribution in [3.05, 3.63) is 77.1 Å². The second-order valence-electron chi connectivity index (χ2n) is 8.12. The van der Waals surface area contributed by atoms with Gasteiger partial charge >= 0.3 is 0 Å². The first-order valence-corrected chi connectivity index (χ1v) is 10.8. The topological polar surface area (TPSA) is 38.1 Å². The summed E-state index contributed by atoms with van der Waals surface area (Å²) in [5.74, 6) is 1.05. The van der Waals surface area contributed by atoms with Crippen molar-refractivity contribution in [1.82, 2.24) is 14.5 Å². The number of rotatable bonds is 2. The molecule has 0 radical (unpaired) electrons. The van der Waals surface area contributed by atoms with Crippen molar-refractivity contribution in [3.8, 4) is 11.4 Å². The lowest BCUT2D eigenvalue weighted by atomic mass is 10.0. The number of aromatic nitrogens is 2. The lowest BCUT2D eigenvalue weighted by Crippen LogP contribution is -2.34. The lowest BCUT2D eigenvalue weighted by Gasteiger charge is -2.20. The molecule has 4 heteroatoms. The third kappa shape index (κ3) is 3.48. The third-order valence-electron chi connectivity index (χ3n) is 6.31. The minimum absolute atomic E-state index is 0.102. The molecule has 0 fully saturated rings. The van der Waals surface area contributed by atoms with Crippen LogP contribution in [0.15, 0.2) is 54.6 Å². The molecular weight excluding hydrogens is 358 g/mol. The van der Waals surface area contributed by atoms with Gasteiger partial charge in [-0.3, -0.25) is 4.79 Å². The predicted molar refractivity (Wildman–Crippen MR) is 115 cm³/mol. The summed E-state index contributed by atoms with van der Waals surface area (Å²) in [6.45, 7) is 2.48. The average molecular weight is 386 g/mol. The lowest BCUT2D eigenvalue weighted by molar-refractivity contribution is 0.0756. The van der Waals surface area contributed by atoms with Gasteiger partial charge in [0, 0.05) is 25.2 Å². The van der Waals surface area contributed by atoms with Gasteiger partial charge in [-0.2, -0.15) is 0 Å². The Morgan fingerprint density at radius 3 is 2.17 bits per heavy atom. The second kappa shape index (κ2) is 7.86. The summed E-state index contributed by atoms with van der Waals surface area (Å²) in [6, 6.07) is 18.9. The Balaban J connectivity index is 1.49. The first kappa shape index (κ1) is 18.2. The van der Waals surface area contributed by atoms with Gasteiger partial charge in [0.05, 0.1) is 5.69 Å². The molecule has 0 N–H and O–H groups in total. The van der Waals surface area contributed by atoms with Crippen LogP contribution in [-0.2, 0) is 25.8 Å². The fraction of sp³-hybridized carbons (Fsp3) is 0.360. The fourth-order valence-electron chi connectivity index (χ4n) is 4.72. The molecule has 1 amide bonds. The molecule has 4 nitrogen and oxygen atoms in total. The van der Waals surface area contributed by atoms with E-state index >= 15 is 0 Å². The van der Waals surface area contributed by atoms with E-state index < -0.39 is 0 Å². The van der Waals surface area contributed by atoms with E-state index in [-0.39, 0.29) is 5.91 Å². The van der Waals surface area contributed by atoms with E-state index in [1.807, 2.05) is 23.1 Å². The number of benzene rings is 2. The van der Waals surface area contributed by atoms with Crippen LogP contribution in [0.2, 0.25) is 0 Å². The normalized spacial score (nSPS) is 16.5. The van der Waals surface area contributed by atoms with Crippen molar-refractivity contribution in [3.63, 3.8) is 0 Å². The number of carbonyl (C=O) groups is 1. The number of carbonyl (C=O) groups excluding carboxylic acids is 1. The highest BCUT2D eigenvalue weighted by atomic mass is 16.2. The molecule has 0 aliphatic carbocycles. The van der Waals surface area contributed by atoms with Crippen LogP contribution in [0.1, 0.15) is 46.6 Å². The molecule has 5 rings (SSSR count). The minimum Gasteiger partial charge on any atom is -0.337 e. The van der Waals surface area contributed by atoms with Crippen LogP contribution in [0.4, 0.5) is 0 Å². The van der Waals surface area contributed by atoms with Crippen LogP contribution in [-0.4, -0.2) is 33.4 Å². The molecule has 0 unspecified atom stereocenters. The highest BCUT2D eigenvalue weighted by Gasteiger charge is 2.28. The Bertz CT molecular complexity index is 995. The van der Waals surface area contributed by atoms with E-state index in [1.54, 1.807) is 0 Å². The van der Waals surface area contributed by atoms with Crippen molar-refractivity contribution in [1.29, 1.82) is 0 Å². The average Bonchev–Trinajstić information content (AvgIpc) is 2.93. The maximum Gasteiger partial charge on any atom is 0.274 e. The van der Waals surface area contributed by atoms with E-state index in [0.29, 0.717) is 5.69 Å². The van der Waals surface area contributed by atoms with E-state index in [0.717, 1.165) is 68.8 Å². The van der Waals surface area contributed by atoms with Gasteiger partial charge in [0.1, 0.15) is 11.5 Å². The molecule has 0 bridgehead atoms. The van der Waals surface area contributed by atoms with Gasteiger partial charge in [-0.05, 0) is 43.2 Å². The van der Waals surface area contributed by atoms with E-state index in [9.17, 15) is 4.79 Å². The van der Waals surface area contributed by atoms with E-state index in [1.165, 1.54) is 17.5 Å². The van der Waals surface area contributed by atoms with Crippen LogP contribution < -0.4 is 0 Å². The minimum atomic E-state index is 0.102. The Labute approximate surface area is 172 Å². The summed E-state index contributed by atoms with van der Waals surface area (Å²) in [5, 5.41) is 0. The molecule has 0 atom stereocenters. The summed E-state index contributed by atoms with van der Waals surface area (Å²) in [5.41, 5.74) is 5.65. The van der Waals surface area contributed by atoms with Crippen molar-refractivity contribution in [2.24, 2.45) is 0 Å². The molecule has 2 aliphatic rings. The molecule has 3 aromatic rings. The molecular formula is C25H27N3O. The van der Waals surface area contributed by atoms with Gasteiger partial charge in [-0.15, -0.1) is 0 Å². The first-order valence-electron chi connectivity index (χ1n) is 10.8. The largest absolute Gasteiger partial charge is 0.337 e. The zero-order valence-electron chi connectivity index (χ0n) is 16.8. The SMILES string of the molecule is O=C(c1nc(-c2ccccc2)n2c1CCCCC2)N1CCc2ccccc2CC1. The number of fused-ring (bicyclic) bond motifs is 2. The smallest absolute Gasteiger partial charge is 0.274 e. The maximum atomic E-state index is 13.6. The third-order valence-corrected chi connectivity index (χ3v) is 6.31. The molecule has 2 aromatic carbocycles. The summed E-state index contributed by atoms with van der Waals surface area (Å²) in [4.78, 5) is 20.5. The number of nitrogens with zero attached hydrogens (tertiary/aromatic N) is 3. The van der Waals surface area contributed by atoms with Crippen molar-refractivity contribution in [2.75, 3.05) is 13.1 Å². The van der Waals surface area contributed by atoms with Gasteiger partial charge in [-0.1, -0.05) is 61.0 Å². The summed E-state index contributed by atoms with van der Waals surface area (Å²) in [7, 11) is 0. The summed E-state index contributed by atoms with van der Waals surface area (Å²) in [6.07, 6.45) is 6.27. The van der Waals surface area contributed by atoms with Gasteiger partial charge in [0.2, 0.25) is 0 Å². The molecule has 0 spiro atoms. The molecule has 0 saturated heterocycles. The molecule has 3 heterocycles. The Kier molecular flexibility index (Phi) is 4.92. The molecule has 0 saturated carbocycles.